The number of nitrogens with zero attached hydrogens (tertiary/aromatic N) is 8. The number of aromatic amines is 3. The number of ether oxygens (including phenoxy) is 1. The third kappa shape index (κ3) is 14.8. The standard InChI is InChI=1S/C21H23N9O2S2.C6H8N2O2.C5H6N2O2.2ClH/c31-16(8-14-5-2-6-23-14)25-20-29-27-18(33-20)12-3-1-4-13(7-12)19-28-30-21(34-19)26-17(32)9-15-10-22-11-24-15;1-10-6(9)2-5-3-7-4-8-5;8-5(9)1-4-2-6-3-7-4;;/h5-6,10-13H,1-4,7-9H2,(H,22,24)(H,25,29,31)(H,26,30,32);3-4H,2H2,1H3,(H,7,8);2-3H,1H2,(H,6,7)(H,8,9);2*1H/t12-,13-;;;;/m0..../s1. The number of H-pyrrole nitrogens is 3. The molecule has 5 aromatic rings. The Bertz CT molecular complexity index is 1980. The quantitative estimate of drug-likeness (QED) is 0.0951. The lowest BCUT2D eigenvalue weighted by Crippen LogP contribution is -2.14. The van der Waals surface area contributed by atoms with Crippen molar-refractivity contribution in [3.05, 3.63) is 76.4 Å². The molecule has 0 unspecified atom stereocenters. The topological polar surface area (TPSA) is 272 Å². The summed E-state index contributed by atoms with van der Waals surface area (Å²) >= 11 is 2.85. The van der Waals surface area contributed by atoms with Crippen LogP contribution in [-0.2, 0) is 43.2 Å². The molecule has 294 valence electrons. The molecule has 6 N–H and O–H groups in total. The summed E-state index contributed by atoms with van der Waals surface area (Å²) in [4.78, 5) is 68.9. The second-order valence-corrected chi connectivity index (χ2v) is 13.7. The molecule has 6 heterocycles. The number of allylic oxidation sites excluding steroid dienone is 1. The number of halogens is 2. The molecule has 0 bridgehead atoms. The van der Waals surface area contributed by atoms with Crippen LogP contribution in [0.3, 0.4) is 0 Å². The number of nitrogens with one attached hydrogen (secondary N) is 5. The monoisotopic (exact) mass is 835 g/mol. The molecule has 23 heteroatoms. The van der Waals surface area contributed by atoms with Crippen molar-refractivity contribution in [3.8, 4) is 0 Å². The second kappa shape index (κ2) is 22.7. The van der Waals surface area contributed by atoms with Gasteiger partial charge in [0.2, 0.25) is 22.1 Å². The Balaban J connectivity index is 0.000000317. The predicted octanol–water partition coefficient (Wildman–Crippen LogP) is 4.43. The molecule has 1 aliphatic carbocycles. The number of methoxy groups -OCH3 is 1. The number of aliphatic carboxylic acids is 1. The third-order valence-electron chi connectivity index (χ3n) is 7.72. The van der Waals surface area contributed by atoms with Crippen molar-refractivity contribution in [3.63, 3.8) is 0 Å². The van der Waals surface area contributed by atoms with Crippen LogP contribution in [0.2, 0.25) is 0 Å². The van der Waals surface area contributed by atoms with Gasteiger partial charge in [0, 0.05) is 65.8 Å². The molecule has 0 spiro atoms. The summed E-state index contributed by atoms with van der Waals surface area (Å²) in [5.74, 6) is -0.892. The summed E-state index contributed by atoms with van der Waals surface area (Å²) in [7, 11) is 1.36. The van der Waals surface area contributed by atoms with Gasteiger partial charge < -0.3 is 35.4 Å². The van der Waals surface area contributed by atoms with Crippen LogP contribution in [0.15, 0.2) is 54.3 Å². The zero-order chi connectivity index (χ0) is 37.4. The van der Waals surface area contributed by atoms with Crippen LogP contribution < -0.4 is 10.6 Å². The minimum atomic E-state index is -0.848. The molecule has 1 saturated carbocycles. The fourth-order valence-electron chi connectivity index (χ4n) is 5.27. The zero-order valence-corrected chi connectivity index (χ0v) is 32.6. The summed E-state index contributed by atoms with van der Waals surface area (Å²) in [6, 6.07) is 0. The Hall–Kier alpha value is -5.38. The molecule has 7 rings (SSSR count). The Morgan fingerprint density at radius 2 is 1.27 bits per heavy atom. The van der Waals surface area contributed by atoms with Crippen LogP contribution in [0, 0.1) is 0 Å². The number of carboxylic acids is 1. The lowest BCUT2D eigenvalue weighted by atomic mass is 9.82. The van der Waals surface area contributed by atoms with E-state index in [0.29, 0.717) is 16.0 Å². The number of amides is 2. The highest BCUT2D eigenvalue weighted by Gasteiger charge is 2.29. The molecule has 1 aliphatic heterocycles. The van der Waals surface area contributed by atoms with Gasteiger partial charge in [0.1, 0.15) is 10.0 Å². The highest BCUT2D eigenvalue weighted by molar-refractivity contribution is 7.15. The van der Waals surface area contributed by atoms with E-state index < -0.39 is 5.97 Å². The van der Waals surface area contributed by atoms with Crippen LogP contribution >= 0.6 is 47.5 Å². The first-order valence-corrected chi connectivity index (χ1v) is 18.1. The van der Waals surface area contributed by atoms with E-state index in [1.54, 1.807) is 24.9 Å². The number of anilines is 2. The first kappa shape index (κ1) is 44.0. The predicted molar refractivity (Wildman–Crippen MR) is 208 cm³/mol. The van der Waals surface area contributed by atoms with E-state index in [1.165, 1.54) is 48.6 Å². The Labute approximate surface area is 334 Å². The average molecular weight is 837 g/mol. The van der Waals surface area contributed by atoms with Crippen LogP contribution in [-0.4, -0.2) is 92.5 Å². The van der Waals surface area contributed by atoms with E-state index in [0.717, 1.165) is 59.2 Å². The van der Waals surface area contributed by atoms with Gasteiger partial charge in [-0.2, -0.15) is 0 Å². The molecule has 0 radical (unpaired) electrons. The number of esters is 1. The molecule has 1 fully saturated rings. The average Bonchev–Trinajstić information content (AvgIpc) is 3.98. The van der Waals surface area contributed by atoms with Crippen molar-refractivity contribution in [1.82, 2.24) is 50.3 Å². The summed E-state index contributed by atoms with van der Waals surface area (Å²) in [6.07, 6.45) is 18.5. The number of carbonyl (C=O) groups is 4. The Morgan fingerprint density at radius 3 is 1.73 bits per heavy atom. The number of carbonyl (C=O) groups excluding carboxylic acids is 3. The van der Waals surface area contributed by atoms with Gasteiger partial charge in [-0.25, -0.2) is 15.0 Å². The molecular weight excluding hydrogens is 797 g/mol. The van der Waals surface area contributed by atoms with E-state index in [-0.39, 0.29) is 80.1 Å². The number of aliphatic imine (C=N–C) groups is 1. The second-order valence-electron chi connectivity index (χ2n) is 11.7. The molecule has 0 aromatic carbocycles. The molecule has 2 amide bonds. The van der Waals surface area contributed by atoms with Gasteiger partial charge in [0.25, 0.3) is 0 Å². The van der Waals surface area contributed by atoms with Crippen molar-refractivity contribution < 1.29 is 29.0 Å². The normalized spacial score (nSPS) is 15.4. The van der Waals surface area contributed by atoms with E-state index in [4.69, 9.17) is 5.11 Å². The van der Waals surface area contributed by atoms with Crippen LogP contribution in [0.5, 0.6) is 0 Å². The lowest BCUT2D eigenvalue weighted by molar-refractivity contribution is -0.140. The molecule has 2 atom stereocenters. The summed E-state index contributed by atoms with van der Waals surface area (Å²) in [5.41, 5.74) is 2.93. The number of hydrogen-bond acceptors (Lipinski definition) is 15. The van der Waals surface area contributed by atoms with Gasteiger partial charge in [0.05, 0.1) is 51.8 Å². The van der Waals surface area contributed by atoms with Crippen molar-refractivity contribution in [2.24, 2.45) is 4.99 Å². The molecule has 5 aromatic heterocycles. The van der Waals surface area contributed by atoms with Gasteiger partial charge in [-0.1, -0.05) is 35.2 Å². The van der Waals surface area contributed by atoms with Gasteiger partial charge >= 0.3 is 11.9 Å². The van der Waals surface area contributed by atoms with Gasteiger partial charge in [-0.05, 0) is 19.3 Å². The van der Waals surface area contributed by atoms with Gasteiger partial charge in [0.15, 0.2) is 0 Å². The van der Waals surface area contributed by atoms with E-state index in [2.05, 4.69) is 70.7 Å². The van der Waals surface area contributed by atoms with Crippen LogP contribution in [0.25, 0.3) is 0 Å². The molecular formula is C32H39Cl2N13O6S2. The first-order chi connectivity index (χ1) is 25.7. The number of rotatable bonds is 12. The molecule has 2 aliphatic rings. The van der Waals surface area contributed by atoms with Crippen molar-refractivity contribution in [2.75, 3.05) is 17.7 Å². The SMILES string of the molecule is COC(=O)Cc1cnc[nH]1.Cl.Cl.O=C(CC1=CCC=N1)Nc1nnc([C@H]2CCC[C@H](c3nnc(NC(=O)Cc4cnc[nH]4)s3)C2)s1.O=C(O)Cc1cnc[nH]1. The summed E-state index contributed by atoms with van der Waals surface area (Å²) < 4.78 is 4.44. The van der Waals surface area contributed by atoms with Crippen LogP contribution in [0.4, 0.5) is 10.3 Å². The number of carboxylic acid groups (broad SMARTS) is 1. The van der Waals surface area contributed by atoms with Crippen LogP contribution in [0.1, 0.15) is 77.5 Å². The first-order valence-electron chi connectivity index (χ1n) is 16.4. The van der Waals surface area contributed by atoms with E-state index in [1.807, 2.05) is 6.08 Å². The third-order valence-corrected chi connectivity index (χ3v) is 9.73. The summed E-state index contributed by atoms with van der Waals surface area (Å²) in [6.45, 7) is 0. The van der Waals surface area contributed by atoms with Crippen molar-refractivity contribution in [2.45, 2.75) is 69.6 Å². The maximum Gasteiger partial charge on any atom is 0.311 e. The van der Waals surface area contributed by atoms with E-state index in [9.17, 15) is 19.2 Å². The van der Waals surface area contributed by atoms with Gasteiger partial charge in [-0.15, -0.1) is 45.2 Å². The van der Waals surface area contributed by atoms with Gasteiger partial charge in [-0.3, -0.25) is 24.2 Å². The van der Waals surface area contributed by atoms with E-state index >= 15 is 0 Å². The zero-order valence-electron chi connectivity index (χ0n) is 29.3. The lowest BCUT2D eigenvalue weighted by Gasteiger charge is -2.25. The number of imidazole rings is 3. The smallest absolute Gasteiger partial charge is 0.311 e. The fourth-order valence-corrected chi connectivity index (χ4v) is 7.08. The molecule has 55 heavy (non-hydrogen) atoms. The largest absolute Gasteiger partial charge is 0.481 e. The number of hydrogen-bond donors (Lipinski definition) is 6. The number of aromatic nitrogens is 10. The molecule has 0 saturated heterocycles. The molecule has 19 nitrogen and oxygen atoms in total. The fraction of sp³-hybridized carbons (Fsp3) is 0.375. The minimum Gasteiger partial charge on any atom is -0.481 e. The Kier molecular flexibility index (Phi) is 18.2. The van der Waals surface area contributed by atoms with Crippen molar-refractivity contribution in [1.29, 1.82) is 0 Å². The summed E-state index contributed by atoms with van der Waals surface area (Å²) in [5, 5.41) is 33.8. The highest BCUT2D eigenvalue weighted by Crippen LogP contribution is 2.43. The van der Waals surface area contributed by atoms with Crippen molar-refractivity contribution >= 4 is 87.7 Å². The highest BCUT2D eigenvalue weighted by atomic mass is 35.5. The maximum atomic E-state index is 12.2. The Morgan fingerprint density at radius 1 is 0.764 bits per heavy atom. The minimum absolute atomic E-state index is 0. The maximum absolute atomic E-state index is 12.2.